The number of carbonyl (C=O) groups is 1. The predicted octanol–water partition coefficient (Wildman–Crippen LogP) is 3.74. The van der Waals surface area contributed by atoms with E-state index in [1.807, 2.05) is 38.1 Å². The SMILES string of the molecule is COc1ccccc1C(=O)Cc1cc(C)ccc1C. The van der Waals surface area contributed by atoms with Crippen molar-refractivity contribution < 1.29 is 9.53 Å². The summed E-state index contributed by atoms with van der Waals surface area (Å²) < 4.78 is 5.24. The third-order valence-corrected chi connectivity index (χ3v) is 3.26. The lowest BCUT2D eigenvalue weighted by molar-refractivity contribution is 0.0990. The van der Waals surface area contributed by atoms with Crippen LogP contribution in [0.25, 0.3) is 0 Å². The van der Waals surface area contributed by atoms with E-state index in [0.29, 0.717) is 17.7 Å². The Kier molecular flexibility index (Phi) is 4.00. The largest absolute Gasteiger partial charge is 0.496 e. The van der Waals surface area contributed by atoms with Gasteiger partial charge in [-0.3, -0.25) is 4.79 Å². The standard InChI is InChI=1S/C17H18O2/c1-12-8-9-13(2)14(10-12)11-16(18)15-6-4-5-7-17(15)19-3/h4-10H,11H2,1-3H3. The van der Waals surface area contributed by atoms with Gasteiger partial charge in [-0.1, -0.05) is 35.9 Å². The lowest BCUT2D eigenvalue weighted by atomic mass is 9.97. The second-order valence-corrected chi connectivity index (χ2v) is 4.73. The summed E-state index contributed by atoms with van der Waals surface area (Å²) in [7, 11) is 1.59. The summed E-state index contributed by atoms with van der Waals surface area (Å²) in [5.74, 6) is 0.726. The van der Waals surface area contributed by atoms with Crippen LogP contribution in [-0.4, -0.2) is 12.9 Å². The summed E-state index contributed by atoms with van der Waals surface area (Å²) in [6.45, 7) is 4.07. The Hall–Kier alpha value is -2.09. The molecule has 0 saturated carbocycles. The predicted molar refractivity (Wildman–Crippen MR) is 76.9 cm³/mol. The molecule has 0 atom stereocenters. The van der Waals surface area contributed by atoms with Gasteiger partial charge in [0.2, 0.25) is 0 Å². The Balaban J connectivity index is 2.28. The first kappa shape index (κ1) is 13.3. The number of carbonyl (C=O) groups excluding carboxylic acids is 1. The van der Waals surface area contributed by atoms with E-state index in [4.69, 9.17) is 4.74 Å². The highest BCUT2D eigenvalue weighted by Crippen LogP contribution is 2.21. The van der Waals surface area contributed by atoms with Crippen LogP contribution in [0.4, 0.5) is 0 Å². The number of ether oxygens (including phenoxy) is 1. The van der Waals surface area contributed by atoms with Gasteiger partial charge in [0.15, 0.2) is 5.78 Å². The van der Waals surface area contributed by atoms with Gasteiger partial charge in [-0.05, 0) is 37.1 Å². The molecule has 0 fully saturated rings. The molecule has 0 unspecified atom stereocenters. The van der Waals surface area contributed by atoms with Crippen molar-refractivity contribution in [1.29, 1.82) is 0 Å². The van der Waals surface area contributed by atoms with E-state index in [9.17, 15) is 4.79 Å². The van der Waals surface area contributed by atoms with Crippen molar-refractivity contribution in [3.63, 3.8) is 0 Å². The number of para-hydroxylation sites is 1. The average Bonchev–Trinajstić information content (AvgIpc) is 2.42. The fourth-order valence-electron chi connectivity index (χ4n) is 2.13. The lowest BCUT2D eigenvalue weighted by Crippen LogP contribution is -2.07. The van der Waals surface area contributed by atoms with Crippen LogP contribution < -0.4 is 4.74 Å². The van der Waals surface area contributed by atoms with Gasteiger partial charge in [-0.25, -0.2) is 0 Å². The maximum atomic E-state index is 12.4. The van der Waals surface area contributed by atoms with Crippen molar-refractivity contribution in [2.24, 2.45) is 0 Å². The molecule has 0 amide bonds. The zero-order chi connectivity index (χ0) is 13.8. The van der Waals surface area contributed by atoms with E-state index < -0.39 is 0 Å². The second-order valence-electron chi connectivity index (χ2n) is 4.73. The molecule has 2 aromatic carbocycles. The summed E-state index contributed by atoms with van der Waals surface area (Å²) in [5.41, 5.74) is 4.05. The quantitative estimate of drug-likeness (QED) is 0.777. The highest BCUT2D eigenvalue weighted by molar-refractivity contribution is 6.00. The number of methoxy groups -OCH3 is 1. The molecule has 0 aromatic heterocycles. The number of Topliss-reactive ketones (excluding diaryl/α,β-unsaturated/α-hetero) is 1. The normalized spacial score (nSPS) is 10.3. The summed E-state index contributed by atoms with van der Waals surface area (Å²) in [6.07, 6.45) is 0.411. The third kappa shape index (κ3) is 3.02. The summed E-state index contributed by atoms with van der Waals surface area (Å²) in [5, 5.41) is 0. The van der Waals surface area contributed by atoms with Crippen LogP contribution in [0.5, 0.6) is 5.75 Å². The molecule has 0 heterocycles. The van der Waals surface area contributed by atoms with Crippen molar-refractivity contribution in [2.45, 2.75) is 20.3 Å². The Labute approximate surface area is 114 Å². The first-order chi connectivity index (χ1) is 9.11. The topological polar surface area (TPSA) is 26.3 Å². The molecule has 2 heteroatoms. The van der Waals surface area contributed by atoms with Gasteiger partial charge in [0, 0.05) is 6.42 Å². The minimum atomic E-state index is 0.0890. The molecule has 2 rings (SSSR count). The molecule has 0 aliphatic rings. The Bertz CT molecular complexity index is 600. The highest BCUT2D eigenvalue weighted by atomic mass is 16.5. The molecule has 0 N–H and O–H groups in total. The van der Waals surface area contributed by atoms with Crippen LogP contribution in [0, 0.1) is 13.8 Å². The van der Waals surface area contributed by atoms with Gasteiger partial charge in [0.05, 0.1) is 12.7 Å². The van der Waals surface area contributed by atoms with Crippen molar-refractivity contribution >= 4 is 5.78 Å². The fourth-order valence-corrected chi connectivity index (χ4v) is 2.13. The molecular weight excluding hydrogens is 236 g/mol. The van der Waals surface area contributed by atoms with Crippen molar-refractivity contribution in [2.75, 3.05) is 7.11 Å². The molecule has 0 radical (unpaired) electrons. The van der Waals surface area contributed by atoms with Crippen LogP contribution in [0.15, 0.2) is 42.5 Å². The number of benzene rings is 2. The minimum absolute atomic E-state index is 0.0890. The van der Waals surface area contributed by atoms with Crippen LogP contribution in [0.3, 0.4) is 0 Å². The van der Waals surface area contributed by atoms with Crippen LogP contribution in [0.1, 0.15) is 27.0 Å². The first-order valence-corrected chi connectivity index (χ1v) is 6.34. The third-order valence-electron chi connectivity index (χ3n) is 3.26. The maximum absolute atomic E-state index is 12.4. The number of hydrogen-bond acceptors (Lipinski definition) is 2. The molecule has 98 valence electrons. The van der Waals surface area contributed by atoms with Gasteiger partial charge < -0.3 is 4.74 Å². The van der Waals surface area contributed by atoms with Gasteiger partial charge in [-0.15, -0.1) is 0 Å². The van der Waals surface area contributed by atoms with Crippen LogP contribution in [-0.2, 0) is 6.42 Å². The van der Waals surface area contributed by atoms with Crippen LogP contribution >= 0.6 is 0 Å². The van der Waals surface area contributed by atoms with Crippen molar-refractivity contribution in [3.05, 3.63) is 64.7 Å². The molecular formula is C17H18O2. The summed E-state index contributed by atoms with van der Waals surface area (Å²) >= 11 is 0. The molecule has 0 spiro atoms. The summed E-state index contributed by atoms with van der Waals surface area (Å²) in [4.78, 5) is 12.4. The molecule has 2 aromatic rings. The second kappa shape index (κ2) is 5.70. The first-order valence-electron chi connectivity index (χ1n) is 6.34. The van der Waals surface area contributed by atoms with Gasteiger partial charge >= 0.3 is 0 Å². The Morgan fingerprint density at radius 1 is 1.11 bits per heavy atom. The number of hydrogen-bond donors (Lipinski definition) is 0. The zero-order valence-corrected chi connectivity index (χ0v) is 11.6. The van der Waals surface area contributed by atoms with Crippen LogP contribution in [0.2, 0.25) is 0 Å². The van der Waals surface area contributed by atoms with E-state index in [1.54, 1.807) is 7.11 Å². The molecule has 2 nitrogen and oxygen atoms in total. The monoisotopic (exact) mass is 254 g/mol. The van der Waals surface area contributed by atoms with Gasteiger partial charge in [0.1, 0.15) is 5.75 Å². The van der Waals surface area contributed by atoms with Gasteiger partial charge in [0.25, 0.3) is 0 Å². The molecule has 19 heavy (non-hydrogen) atoms. The van der Waals surface area contributed by atoms with Gasteiger partial charge in [-0.2, -0.15) is 0 Å². The fraction of sp³-hybridized carbons (Fsp3) is 0.235. The molecule has 0 saturated heterocycles. The molecule has 0 aliphatic carbocycles. The smallest absolute Gasteiger partial charge is 0.170 e. The van der Waals surface area contributed by atoms with Crippen molar-refractivity contribution in [3.8, 4) is 5.75 Å². The Morgan fingerprint density at radius 3 is 2.58 bits per heavy atom. The number of ketones is 1. The van der Waals surface area contributed by atoms with E-state index in [0.717, 1.165) is 11.1 Å². The van der Waals surface area contributed by atoms with Crippen molar-refractivity contribution in [1.82, 2.24) is 0 Å². The zero-order valence-electron chi connectivity index (χ0n) is 11.6. The van der Waals surface area contributed by atoms with E-state index >= 15 is 0 Å². The Morgan fingerprint density at radius 2 is 1.84 bits per heavy atom. The maximum Gasteiger partial charge on any atom is 0.170 e. The minimum Gasteiger partial charge on any atom is -0.496 e. The van der Waals surface area contributed by atoms with E-state index in [1.165, 1.54) is 5.56 Å². The van der Waals surface area contributed by atoms with E-state index in [-0.39, 0.29) is 5.78 Å². The number of rotatable bonds is 4. The molecule has 0 bridgehead atoms. The summed E-state index contributed by atoms with van der Waals surface area (Å²) in [6, 6.07) is 13.5. The molecule has 0 aliphatic heterocycles. The van der Waals surface area contributed by atoms with E-state index in [2.05, 4.69) is 18.2 Å². The average molecular weight is 254 g/mol. The lowest BCUT2D eigenvalue weighted by Gasteiger charge is -2.09. The highest BCUT2D eigenvalue weighted by Gasteiger charge is 2.13. The number of aryl methyl sites for hydroxylation is 2.